The zero-order valence-corrected chi connectivity index (χ0v) is 21.2. The lowest BCUT2D eigenvalue weighted by Crippen LogP contribution is -2.20. The minimum atomic E-state index is -4.76. The summed E-state index contributed by atoms with van der Waals surface area (Å²) >= 11 is 4.48. The van der Waals surface area contributed by atoms with Crippen molar-refractivity contribution >= 4 is 49.7 Å². The van der Waals surface area contributed by atoms with Gasteiger partial charge in [0.2, 0.25) is 0 Å². The number of nitrogens with two attached hydrogens (primary N) is 1. The van der Waals surface area contributed by atoms with Crippen LogP contribution in [0.4, 0.5) is 18.2 Å². The number of carbonyl (C=O) groups is 2. The number of hydrogen-bond acceptors (Lipinski definition) is 5. The lowest BCUT2D eigenvalue weighted by atomic mass is 9.88. The number of carbonyl (C=O) groups excluding carboxylic acids is 2. The van der Waals surface area contributed by atoms with Gasteiger partial charge in [-0.1, -0.05) is 37.3 Å². The van der Waals surface area contributed by atoms with E-state index in [4.69, 9.17) is 5.73 Å². The fourth-order valence-corrected chi connectivity index (χ4v) is 6.28. The molecule has 12 heteroatoms. The predicted molar refractivity (Wildman–Crippen MR) is 133 cm³/mol. The first-order valence-electron chi connectivity index (χ1n) is 11.0. The molecule has 36 heavy (non-hydrogen) atoms. The van der Waals surface area contributed by atoms with Crippen LogP contribution in [0.5, 0.6) is 0 Å². The number of benzene rings is 1. The van der Waals surface area contributed by atoms with Gasteiger partial charge in [0, 0.05) is 10.4 Å². The van der Waals surface area contributed by atoms with E-state index in [2.05, 4.69) is 38.3 Å². The zero-order chi connectivity index (χ0) is 25.8. The standard InChI is InChI=1S/C24H19BrF3N5O2S/c1-11-7-8-13-15(9-11)36-23(17(13)20(29)34)31-22(35)19-18(25)21-30-14(12-5-3-2-4-6-12)10-16(24(26,27)28)33(21)32-19/h2-6,10-11H,7-9H2,1H3,(H2,29,34)(H,31,35)/t11-/m1/s1. The number of fused-ring (bicyclic) bond motifs is 2. The number of rotatable bonds is 4. The molecule has 3 heterocycles. The van der Waals surface area contributed by atoms with Gasteiger partial charge in [-0.3, -0.25) is 9.59 Å². The topological polar surface area (TPSA) is 102 Å². The van der Waals surface area contributed by atoms with Gasteiger partial charge in [0.25, 0.3) is 11.8 Å². The summed E-state index contributed by atoms with van der Waals surface area (Å²) in [4.78, 5) is 30.7. The van der Waals surface area contributed by atoms with Crippen molar-refractivity contribution < 1.29 is 22.8 Å². The summed E-state index contributed by atoms with van der Waals surface area (Å²) in [5.74, 6) is -1.02. The first-order valence-corrected chi connectivity index (χ1v) is 12.6. The third-order valence-electron chi connectivity index (χ3n) is 6.09. The van der Waals surface area contributed by atoms with E-state index in [0.29, 0.717) is 22.4 Å². The van der Waals surface area contributed by atoms with Crippen LogP contribution in [0.25, 0.3) is 16.9 Å². The van der Waals surface area contributed by atoms with Gasteiger partial charge >= 0.3 is 6.18 Å². The molecule has 3 aromatic heterocycles. The molecular formula is C24H19BrF3N5O2S. The molecule has 7 nitrogen and oxygen atoms in total. The van der Waals surface area contributed by atoms with Crippen LogP contribution in [0.15, 0.2) is 40.9 Å². The molecule has 3 N–H and O–H groups in total. The highest BCUT2D eigenvalue weighted by molar-refractivity contribution is 9.10. The Bertz CT molecular complexity index is 1510. The molecular weight excluding hydrogens is 559 g/mol. The quantitative estimate of drug-likeness (QED) is 0.324. The molecule has 1 aliphatic carbocycles. The lowest BCUT2D eigenvalue weighted by molar-refractivity contribution is -0.142. The molecule has 0 saturated heterocycles. The van der Waals surface area contributed by atoms with E-state index < -0.39 is 23.7 Å². The van der Waals surface area contributed by atoms with Gasteiger partial charge in [0.15, 0.2) is 17.0 Å². The average molecular weight is 578 g/mol. The number of amides is 2. The molecule has 0 saturated carbocycles. The van der Waals surface area contributed by atoms with Crippen molar-refractivity contribution in [3.8, 4) is 11.3 Å². The molecule has 0 radical (unpaired) electrons. The Morgan fingerprint density at radius 2 is 1.97 bits per heavy atom. The highest BCUT2D eigenvalue weighted by Crippen LogP contribution is 2.40. The second-order valence-corrected chi connectivity index (χ2v) is 10.6. The molecule has 0 bridgehead atoms. The third kappa shape index (κ3) is 4.28. The highest BCUT2D eigenvalue weighted by atomic mass is 79.9. The fraction of sp³-hybridized carbons (Fsp3) is 0.250. The van der Waals surface area contributed by atoms with Crippen molar-refractivity contribution in [3.05, 3.63) is 68.3 Å². The number of alkyl halides is 3. The van der Waals surface area contributed by atoms with E-state index in [-0.39, 0.29) is 32.1 Å². The van der Waals surface area contributed by atoms with Crippen LogP contribution in [0.3, 0.4) is 0 Å². The minimum Gasteiger partial charge on any atom is -0.365 e. The number of nitrogens with zero attached hydrogens (tertiary/aromatic N) is 3. The van der Waals surface area contributed by atoms with Crippen molar-refractivity contribution in [2.75, 3.05) is 5.32 Å². The summed E-state index contributed by atoms with van der Waals surface area (Å²) in [6.45, 7) is 2.10. The highest BCUT2D eigenvalue weighted by Gasteiger charge is 2.37. The number of anilines is 1. The van der Waals surface area contributed by atoms with Crippen molar-refractivity contribution in [1.29, 1.82) is 0 Å². The van der Waals surface area contributed by atoms with E-state index in [1.54, 1.807) is 30.3 Å². The summed E-state index contributed by atoms with van der Waals surface area (Å²) in [5.41, 5.74) is 5.71. The van der Waals surface area contributed by atoms with Crippen LogP contribution in [0.1, 0.15) is 50.3 Å². The van der Waals surface area contributed by atoms with Crippen molar-refractivity contribution in [3.63, 3.8) is 0 Å². The lowest BCUT2D eigenvalue weighted by Gasteiger charge is -2.18. The van der Waals surface area contributed by atoms with E-state index in [0.717, 1.165) is 29.3 Å². The van der Waals surface area contributed by atoms with Crippen LogP contribution < -0.4 is 11.1 Å². The summed E-state index contributed by atoms with van der Waals surface area (Å²) in [7, 11) is 0. The maximum absolute atomic E-state index is 14.0. The van der Waals surface area contributed by atoms with E-state index >= 15 is 0 Å². The van der Waals surface area contributed by atoms with Gasteiger partial charge in [-0.05, 0) is 52.7 Å². The molecule has 5 rings (SSSR count). The monoisotopic (exact) mass is 577 g/mol. The van der Waals surface area contributed by atoms with Gasteiger partial charge in [-0.15, -0.1) is 11.3 Å². The zero-order valence-electron chi connectivity index (χ0n) is 18.8. The Kier molecular flexibility index (Phi) is 6.11. The number of aromatic nitrogens is 3. The summed E-state index contributed by atoms with van der Waals surface area (Å²) in [6, 6.07) is 9.30. The van der Waals surface area contributed by atoms with Gasteiger partial charge in [-0.25, -0.2) is 9.50 Å². The summed E-state index contributed by atoms with van der Waals surface area (Å²) in [6.07, 6.45) is -2.44. The van der Waals surface area contributed by atoms with E-state index in [1.807, 2.05) is 0 Å². The van der Waals surface area contributed by atoms with Crippen LogP contribution >= 0.6 is 27.3 Å². The first kappa shape index (κ1) is 24.4. The Hall–Kier alpha value is -3.25. The van der Waals surface area contributed by atoms with Gasteiger partial charge in [-0.2, -0.15) is 18.3 Å². The maximum Gasteiger partial charge on any atom is 0.433 e. The SMILES string of the molecule is C[C@@H]1CCc2c(sc(NC(=O)c3nn4c(C(F)(F)F)cc(-c5ccccc5)nc4c3Br)c2C(N)=O)C1. The maximum atomic E-state index is 14.0. The number of thiophene rings is 1. The molecule has 1 atom stereocenters. The van der Waals surface area contributed by atoms with Crippen LogP contribution in [-0.4, -0.2) is 26.4 Å². The molecule has 0 fully saturated rings. The number of primary amides is 1. The predicted octanol–water partition coefficient (Wildman–Crippen LogP) is 5.72. The van der Waals surface area contributed by atoms with Crippen LogP contribution in [0.2, 0.25) is 0 Å². The average Bonchev–Trinajstić information content (AvgIpc) is 3.35. The molecule has 0 aliphatic heterocycles. The Labute approximate surface area is 215 Å². The first-order chi connectivity index (χ1) is 17.0. The second-order valence-electron chi connectivity index (χ2n) is 8.66. The number of hydrogen-bond donors (Lipinski definition) is 2. The number of halogens is 4. The second kappa shape index (κ2) is 9.00. The Morgan fingerprint density at radius 3 is 2.64 bits per heavy atom. The van der Waals surface area contributed by atoms with E-state index in [1.165, 1.54) is 11.3 Å². The molecule has 2 amide bonds. The fourth-order valence-electron chi connectivity index (χ4n) is 4.36. The van der Waals surface area contributed by atoms with Gasteiger partial charge in [0.1, 0.15) is 5.00 Å². The molecule has 0 spiro atoms. The van der Waals surface area contributed by atoms with Crippen molar-refractivity contribution in [1.82, 2.24) is 14.6 Å². The van der Waals surface area contributed by atoms with Crippen LogP contribution in [0, 0.1) is 5.92 Å². The summed E-state index contributed by atoms with van der Waals surface area (Å²) in [5, 5.41) is 6.86. The molecule has 1 aromatic carbocycles. The van der Waals surface area contributed by atoms with Crippen LogP contribution in [-0.2, 0) is 19.0 Å². The number of nitrogens with one attached hydrogen (secondary N) is 1. The molecule has 0 unspecified atom stereocenters. The van der Waals surface area contributed by atoms with Crippen molar-refractivity contribution in [2.24, 2.45) is 11.7 Å². The smallest absolute Gasteiger partial charge is 0.365 e. The minimum absolute atomic E-state index is 0.00107. The Balaban J connectivity index is 1.59. The molecule has 1 aliphatic rings. The Morgan fingerprint density at radius 1 is 1.25 bits per heavy atom. The van der Waals surface area contributed by atoms with E-state index in [9.17, 15) is 22.8 Å². The van der Waals surface area contributed by atoms with Gasteiger partial charge in [0.05, 0.1) is 15.7 Å². The van der Waals surface area contributed by atoms with Gasteiger partial charge < -0.3 is 11.1 Å². The normalized spacial score (nSPS) is 15.6. The largest absolute Gasteiger partial charge is 0.433 e. The molecule has 4 aromatic rings. The summed E-state index contributed by atoms with van der Waals surface area (Å²) < 4.78 is 42.5. The third-order valence-corrected chi connectivity index (χ3v) is 7.99. The molecule has 186 valence electrons. The van der Waals surface area contributed by atoms with Crippen molar-refractivity contribution in [2.45, 2.75) is 32.4 Å².